The van der Waals surface area contributed by atoms with Crippen molar-refractivity contribution in [1.29, 1.82) is 0 Å². The van der Waals surface area contributed by atoms with Gasteiger partial charge in [-0.05, 0) is 37.8 Å². The van der Waals surface area contributed by atoms with Crippen LogP contribution in [0.1, 0.15) is 68.1 Å². The van der Waals surface area contributed by atoms with E-state index >= 15 is 0 Å². The summed E-state index contributed by atoms with van der Waals surface area (Å²) in [6, 6.07) is 6.71. The van der Waals surface area contributed by atoms with E-state index < -0.39 is 6.04 Å². The number of nitrogens with zero attached hydrogens (tertiary/aromatic N) is 1. The molecule has 0 bridgehead atoms. The van der Waals surface area contributed by atoms with Crippen molar-refractivity contribution in [3.8, 4) is 0 Å². The summed E-state index contributed by atoms with van der Waals surface area (Å²) in [5, 5.41) is 3.53. The minimum atomic E-state index is -0.394. The first-order valence-corrected chi connectivity index (χ1v) is 10.3. The molecule has 2 fully saturated rings. The average molecular weight is 391 g/mol. The Morgan fingerprint density at radius 2 is 1.74 bits per heavy atom. The van der Waals surface area contributed by atoms with Crippen LogP contribution in [0.25, 0.3) is 0 Å². The van der Waals surface area contributed by atoms with Crippen LogP contribution < -0.4 is 5.32 Å². The molecule has 1 N–H and O–H groups in total. The quantitative estimate of drug-likeness (QED) is 0.752. The molecule has 2 aliphatic rings. The van der Waals surface area contributed by atoms with Gasteiger partial charge >= 0.3 is 0 Å². The third-order valence-electron chi connectivity index (χ3n) is 5.57. The van der Waals surface area contributed by atoms with Gasteiger partial charge in [-0.15, -0.1) is 0 Å². The molecule has 0 radical (unpaired) electrons. The fourth-order valence-corrected chi connectivity index (χ4v) is 4.31. The minimum Gasteiger partial charge on any atom is -0.352 e. The van der Waals surface area contributed by atoms with Gasteiger partial charge in [0.15, 0.2) is 5.78 Å². The number of rotatable bonds is 6. The lowest BCUT2D eigenvalue weighted by Gasteiger charge is -2.28. The number of hydrogen-bond acceptors (Lipinski definition) is 3. The number of amides is 2. The predicted molar refractivity (Wildman–Crippen MR) is 105 cm³/mol. The van der Waals surface area contributed by atoms with Crippen molar-refractivity contribution in [2.75, 3.05) is 6.54 Å². The summed E-state index contributed by atoms with van der Waals surface area (Å²) in [7, 11) is 0. The maximum Gasteiger partial charge on any atom is 0.243 e. The van der Waals surface area contributed by atoms with E-state index in [0.717, 1.165) is 32.1 Å². The number of halogens is 1. The van der Waals surface area contributed by atoms with E-state index in [1.54, 1.807) is 29.2 Å². The normalized spacial score (nSPS) is 20.5. The van der Waals surface area contributed by atoms with Gasteiger partial charge in [0.2, 0.25) is 11.8 Å². The summed E-state index contributed by atoms with van der Waals surface area (Å²) < 4.78 is 0. The van der Waals surface area contributed by atoms with Gasteiger partial charge in [-0.1, -0.05) is 43.0 Å². The molecular formula is C21H27ClN2O3. The molecule has 1 aromatic rings. The molecule has 146 valence electrons. The number of carbonyl (C=O) groups is 3. The number of nitrogens with one attached hydrogen (secondary N) is 1. The molecular weight excluding hydrogens is 364 g/mol. The van der Waals surface area contributed by atoms with Gasteiger partial charge in [-0.2, -0.15) is 0 Å². The van der Waals surface area contributed by atoms with Gasteiger partial charge in [0.25, 0.3) is 0 Å². The fraction of sp³-hybridized carbons (Fsp3) is 0.571. The molecule has 27 heavy (non-hydrogen) atoms. The summed E-state index contributed by atoms with van der Waals surface area (Å²) in [4.78, 5) is 39.3. The van der Waals surface area contributed by atoms with E-state index in [-0.39, 0.29) is 36.5 Å². The lowest BCUT2D eigenvalue weighted by Crippen LogP contribution is -2.49. The first kappa shape index (κ1) is 19.9. The van der Waals surface area contributed by atoms with E-state index in [1.807, 2.05) is 0 Å². The Hall–Kier alpha value is -1.88. The maximum absolute atomic E-state index is 12.6. The molecule has 3 rings (SSSR count). The molecule has 0 aromatic heterocycles. The zero-order valence-electron chi connectivity index (χ0n) is 15.6. The Balaban J connectivity index is 1.53. The highest BCUT2D eigenvalue weighted by Crippen LogP contribution is 2.23. The second kappa shape index (κ2) is 9.36. The van der Waals surface area contributed by atoms with Crippen molar-refractivity contribution in [2.45, 2.75) is 69.9 Å². The highest BCUT2D eigenvalue weighted by Gasteiger charge is 2.34. The van der Waals surface area contributed by atoms with E-state index in [9.17, 15) is 14.4 Å². The van der Waals surface area contributed by atoms with Gasteiger partial charge < -0.3 is 10.2 Å². The summed E-state index contributed by atoms with van der Waals surface area (Å²) in [6.45, 7) is 0.585. The molecule has 1 aliphatic heterocycles. The largest absolute Gasteiger partial charge is 0.352 e. The van der Waals surface area contributed by atoms with Crippen LogP contribution >= 0.6 is 11.6 Å². The summed E-state index contributed by atoms with van der Waals surface area (Å²) >= 11 is 6.05. The molecule has 6 heteroatoms. The number of hydrogen-bond donors (Lipinski definition) is 1. The number of carbonyl (C=O) groups excluding carboxylic acids is 3. The molecule has 1 saturated carbocycles. The average Bonchev–Trinajstić information content (AvgIpc) is 3.17. The molecule has 1 aromatic carbocycles. The van der Waals surface area contributed by atoms with Crippen molar-refractivity contribution in [3.63, 3.8) is 0 Å². The van der Waals surface area contributed by atoms with Crippen LogP contribution in [0, 0.1) is 0 Å². The highest BCUT2D eigenvalue weighted by atomic mass is 35.5. The van der Waals surface area contributed by atoms with E-state index in [0.29, 0.717) is 23.6 Å². The van der Waals surface area contributed by atoms with Crippen molar-refractivity contribution in [3.05, 3.63) is 34.9 Å². The molecule has 1 heterocycles. The Morgan fingerprint density at radius 1 is 1.00 bits per heavy atom. The van der Waals surface area contributed by atoms with Gasteiger partial charge in [-0.25, -0.2) is 0 Å². The van der Waals surface area contributed by atoms with Crippen LogP contribution in [-0.4, -0.2) is 41.1 Å². The second-order valence-electron chi connectivity index (χ2n) is 7.49. The topological polar surface area (TPSA) is 66.5 Å². The zero-order chi connectivity index (χ0) is 19.2. The third-order valence-corrected chi connectivity index (χ3v) is 5.90. The van der Waals surface area contributed by atoms with Crippen LogP contribution in [0.15, 0.2) is 24.3 Å². The van der Waals surface area contributed by atoms with Gasteiger partial charge in [0.1, 0.15) is 6.04 Å². The first-order valence-electron chi connectivity index (χ1n) is 9.94. The van der Waals surface area contributed by atoms with E-state index in [4.69, 9.17) is 11.6 Å². The molecule has 1 atom stereocenters. The number of ketones is 1. The fourth-order valence-electron chi connectivity index (χ4n) is 4.07. The Bertz CT molecular complexity index is 700. The number of benzene rings is 1. The molecule has 5 nitrogen and oxygen atoms in total. The molecule has 2 amide bonds. The van der Waals surface area contributed by atoms with Gasteiger partial charge in [-0.3, -0.25) is 14.4 Å². The van der Waals surface area contributed by atoms with Gasteiger partial charge in [0, 0.05) is 31.0 Å². The molecule has 1 saturated heterocycles. The molecule has 1 unspecified atom stereocenters. The van der Waals surface area contributed by atoms with Crippen molar-refractivity contribution in [1.82, 2.24) is 10.2 Å². The van der Waals surface area contributed by atoms with Crippen molar-refractivity contribution >= 4 is 29.2 Å². The molecule has 0 spiro atoms. The summed E-state index contributed by atoms with van der Waals surface area (Å²) in [5.41, 5.74) is 0.444. The first-order chi connectivity index (χ1) is 13.1. The number of Topliss-reactive ketones (excluding diaryl/α,β-unsaturated/α-hetero) is 1. The van der Waals surface area contributed by atoms with Gasteiger partial charge in [0.05, 0.1) is 5.02 Å². The summed E-state index contributed by atoms with van der Waals surface area (Å²) in [5.74, 6) is -0.307. The SMILES string of the molecule is O=C(CCC(=O)N1CCCC1C(=O)NC1CCCCC1)c1ccccc1Cl. The van der Waals surface area contributed by atoms with E-state index in [1.165, 1.54) is 6.42 Å². The Morgan fingerprint density at radius 3 is 2.48 bits per heavy atom. The predicted octanol–water partition coefficient (Wildman–Crippen LogP) is 3.74. The highest BCUT2D eigenvalue weighted by molar-refractivity contribution is 6.34. The Kier molecular flexibility index (Phi) is 6.89. The lowest BCUT2D eigenvalue weighted by molar-refractivity contribution is -0.138. The monoisotopic (exact) mass is 390 g/mol. The van der Waals surface area contributed by atoms with E-state index in [2.05, 4.69) is 5.32 Å². The van der Waals surface area contributed by atoms with Crippen LogP contribution in [0.3, 0.4) is 0 Å². The second-order valence-corrected chi connectivity index (χ2v) is 7.90. The minimum absolute atomic E-state index is 0.0369. The van der Waals surface area contributed by atoms with Crippen molar-refractivity contribution < 1.29 is 14.4 Å². The lowest BCUT2D eigenvalue weighted by atomic mass is 9.95. The molecule has 1 aliphatic carbocycles. The number of likely N-dealkylation sites (tertiary alicyclic amines) is 1. The zero-order valence-corrected chi connectivity index (χ0v) is 16.3. The maximum atomic E-state index is 12.6. The van der Waals surface area contributed by atoms with Crippen LogP contribution in [0.2, 0.25) is 5.02 Å². The summed E-state index contributed by atoms with van der Waals surface area (Å²) in [6.07, 6.45) is 7.34. The smallest absolute Gasteiger partial charge is 0.243 e. The third kappa shape index (κ3) is 5.10. The van der Waals surface area contributed by atoms with Crippen LogP contribution in [0.4, 0.5) is 0 Å². The Labute approximate surface area is 165 Å². The van der Waals surface area contributed by atoms with Crippen LogP contribution in [-0.2, 0) is 9.59 Å². The van der Waals surface area contributed by atoms with Crippen LogP contribution in [0.5, 0.6) is 0 Å². The standard InChI is InChI=1S/C21H27ClN2O3/c22-17-10-5-4-9-16(17)19(25)12-13-20(26)24-14-6-11-18(24)21(27)23-15-7-2-1-3-8-15/h4-5,9-10,15,18H,1-3,6-8,11-14H2,(H,23,27). The van der Waals surface area contributed by atoms with Crippen molar-refractivity contribution in [2.24, 2.45) is 0 Å².